The second kappa shape index (κ2) is 11.4. The van der Waals surface area contributed by atoms with Gasteiger partial charge in [-0.3, -0.25) is 4.90 Å². The number of hydrogen-bond acceptors (Lipinski definition) is 3. The molecule has 0 fully saturated rings. The van der Waals surface area contributed by atoms with Crippen LogP contribution < -0.4 is 5.32 Å². The van der Waals surface area contributed by atoms with E-state index >= 15 is 0 Å². The Kier molecular flexibility index (Phi) is 11.3. The van der Waals surface area contributed by atoms with Gasteiger partial charge in [0.15, 0.2) is 0 Å². The maximum Gasteiger partial charge on any atom is 0.0589 e. The van der Waals surface area contributed by atoms with Crippen molar-refractivity contribution in [2.75, 3.05) is 46.4 Å². The first kappa shape index (κ1) is 15.9. The number of methoxy groups -OCH3 is 1. The van der Waals surface area contributed by atoms with Gasteiger partial charge in [-0.2, -0.15) is 0 Å². The van der Waals surface area contributed by atoms with Gasteiger partial charge < -0.3 is 10.1 Å². The third kappa shape index (κ3) is 10.4. The minimum Gasteiger partial charge on any atom is -0.383 e. The van der Waals surface area contributed by atoms with Crippen LogP contribution in [0.25, 0.3) is 0 Å². The van der Waals surface area contributed by atoms with E-state index < -0.39 is 0 Å². The Balaban J connectivity index is 3.56. The Bertz CT molecular complexity index is 140. The van der Waals surface area contributed by atoms with E-state index in [2.05, 4.69) is 31.0 Å². The molecule has 0 aromatic carbocycles. The minimum absolute atomic E-state index is 0.729. The van der Waals surface area contributed by atoms with Crippen molar-refractivity contribution >= 4 is 0 Å². The molecule has 98 valence electrons. The third-order valence-electron chi connectivity index (χ3n) is 2.55. The summed E-state index contributed by atoms with van der Waals surface area (Å²) in [6.45, 7) is 13.2. The van der Waals surface area contributed by atoms with Crippen LogP contribution in [0.5, 0.6) is 0 Å². The first-order valence-corrected chi connectivity index (χ1v) is 6.62. The highest BCUT2D eigenvalue weighted by Crippen LogP contribution is 1.97. The molecule has 0 radical (unpaired) electrons. The molecule has 0 aromatic rings. The highest BCUT2D eigenvalue weighted by molar-refractivity contribution is 4.62. The molecule has 0 amide bonds. The zero-order valence-electron chi connectivity index (χ0n) is 11.6. The first-order valence-electron chi connectivity index (χ1n) is 6.62. The quantitative estimate of drug-likeness (QED) is 0.549. The average molecular weight is 230 g/mol. The normalized spacial score (nSPS) is 11.6. The number of ether oxygens (including phenoxy) is 1. The van der Waals surface area contributed by atoms with Crippen LogP contribution in [0.4, 0.5) is 0 Å². The van der Waals surface area contributed by atoms with E-state index in [9.17, 15) is 0 Å². The molecule has 0 atom stereocenters. The van der Waals surface area contributed by atoms with E-state index in [1.807, 2.05) is 0 Å². The van der Waals surface area contributed by atoms with Crippen LogP contribution >= 0.6 is 0 Å². The molecule has 0 rings (SSSR count). The van der Waals surface area contributed by atoms with Crippen molar-refractivity contribution in [1.82, 2.24) is 10.2 Å². The van der Waals surface area contributed by atoms with Crippen LogP contribution in [-0.4, -0.2) is 51.3 Å². The lowest BCUT2D eigenvalue weighted by atomic mass is 10.2. The van der Waals surface area contributed by atoms with E-state index in [4.69, 9.17) is 4.74 Å². The van der Waals surface area contributed by atoms with Crippen molar-refractivity contribution in [2.24, 2.45) is 5.92 Å². The molecule has 0 aliphatic heterocycles. The van der Waals surface area contributed by atoms with Gasteiger partial charge in [-0.25, -0.2) is 0 Å². The van der Waals surface area contributed by atoms with E-state index in [-0.39, 0.29) is 0 Å². The van der Waals surface area contributed by atoms with E-state index in [0.29, 0.717) is 0 Å². The van der Waals surface area contributed by atoms with Crippen molar-refractivity contribution < 1.29 is 4.74 Å². The lowest BCUT2D eigenvalue weighted by Gasteiger charge is -2.24. The van der Waals surface area contributed by atoms with Gasteiger partial charge in [0.1, 0.15) is 0 Å². The van der Waals surface area contributed by atoms with Crippen LogP contribution in [0, 0.1) is 5.92 Å². The molecule has 0 bridgehead atoms. The molecule has 0 heterocycles. The molecular formula is C13H30N2O. The number of hydrogen-bond donors (Lipinski definition) is 1. The van der Waals surface area contributed by atoms with E-state index in [1.165, 1.54) is 19.4 Å². The Hall–Kier alpha value is -0.120. The molecule has 0 unspecified atom stereocenters. The van der Waals surface area contributed by atoms with E-state index in [1.54, 1.807) is 7.11 Å². The van der Waals surface area contributed by atoms with Crippen LogP contribution in [0.2, 0.25) is 0 Å². The second-order valence-corrected chi connectivity index (χ2v) is 4.79. The number of rotatable bonds is 11. The van der Waals surface area contributed by atoms with Crippen LogP contribution in [0.15, 0.2) is 0 Å². The minimum atomic E-state index is 0.729. The average Bonchev–Trinajstić information content (AvgIpc) is 2.24. The molecule has 3 heteroatoms. The predicted molar refractivity (Wildman–Crippen MR) is 70.9 cm³/mol. The molecule has 0 aliphatic rings. The van der Waals surface area contributed by atoms with Gasteiger partial charge in [-0.15, -0.1) is 0 Å². The van der Waals surface area contributed by atoms with Crippen molar-refractivity contribution in [3.63, 3.8) is 0 Å². The molecule has 1 N–H and O–H groups in total. The van der Waals surface area contributed by atoms with Gasteiger partial charge in [-0.05, 0) is 18.9 Å². The maximum absolute atomic E-state index is 5.14. The summed E-state index contributed by atoms with van der Waals surface area (Å²) < 4.78 is 5.14. The van der Waals surface area contributed by atoms with Gasteiger partial charge in [0.25, 0.3) is 0 Å². The van der Waals surface area contributed by atoms with Gasteiger partial charge in [0.05, 0.1) is 6.61 Å². The Morgan fingerprint density at radius 2 is 1.94 bits per heavy atom. The number of nitrogens with one attached hydrogen (secondary N) is 1. The Morgan fingerprint density at radius 3 is 2.50 bits per heavy atom. The van der Waals surface area contributed by atoms with Gasteiger partial charge in [0.2, 0.25) is 0 Å². The summed E-state index contributed by atoms with van der Waals surface area (Å²) in [7, 11) is 1.77. The second-order valence-electron chi connectivity index (χ2n) is 4.79. The lowest BCUT2D eigenvalue weighted by Crippen LogP contribution is -2.37. The van der Waals surface area contributed by atoms with Crippen molar-refractivity contribution in [2.45, 2.75) is 33.6 Å². The Labute approximate surface area is 102 Å². The van der Waals surface area contributed by atoms with Crippen LogP contribution in [0.3, 0.4) is 0 Å². The summed E-state index contributed by atoms with van der Waals surface area (Å²) in [6.07, 6.45) is 2.55. The monoisotopic (exact) mass is 230 g/mol. The Morgan fingerprint density at radius 1 is 1.19 bits per heavy atom. The van der Waals surface area contributed by atoms with Crippen molar-refractivity contribution in [3.8, 4) is 0 Å². The highest BCUT2D eigenvalue weighted by atomic mass is 16.5. The fourth-order valence-electron chi connectivity index (χ4n) is 1.70. The van der Waals surface area contributed by atoms with E-state index in [0.717, 1.165) is 38.7 Å². The summed E-state index contributed by atoms with van der Waals surface area (Å²) >= 11 is 0. The van der Waals surface area contributed by atoms with Crippen LogP contribution in [-0.2, 0) is 4.74 Å². The number of unbranched alkanes of at least 4 members (excludes halogenated alkanes) is 1. The van der Waals surface area contributed by atoms with Gasteiger partial charge in [0, 0.05) is 33.3 Å². The molecule has 0 aromatic heterocycles. The fraction of sp³-hybridized carbons (Fsp3) is 1.00. The zero-order valence-corrected chi connectivity index (χ0v) is 11.6. The molecular weight excluding hydrogens is 200 g/mol. The molecule has 16 heavy (non-hydrogen) atoms. The number of nitrogens with zero attached hydrogens (tertiary/aromatic N) is 1. The summed E-state index contributed by atoms with van der Waals surface area (Å²) in [5, 5.41) is 3.48. The topological polar surface area (TPSA) is 24.5 Å². The molecule has 0 saturated heterocycles. The van der Waals surface area contributed by atoms with Gasteiger partial charge >= 0.3 is 0 Å². The van der Waals surface area contributed by atoms with Crippen molar-refractivity contribution in [1.29, 1.82) is 0 Å². The van der Waals surface area contributed by atoms with Gasteiger partial charge in [-0.1, -0.05) is 27.2 Å². The predicted octanol–water partition coefficient (Wildman–Crippen LogP) is 1.98. The summed E-state index contributed by atoms with van der Waals surface area (Å²) in [5.74, 6) is 0.729. The van der Waals surface area contributed by atoms with Crippen molar-refractivity contribution in [3.05, 3.63) is 0 Å². The van der Waals surface area contributed by atoms with Crippen LogP contribution in [0.1, 0.15) is 33.6 Å². The SMILES string of the molecule is CCCCNCCN(CCOC)CC(C)C. The third-order valence-corrected chi connectivity index (χ3v) is 2.55. The summed E-state index contributed by atoms with van der Waals surface area (Å²) in [6, 6.07) is 0. The highest BCUT2D eigenvalue weighted by Gasteiger charge is 2.06. The summed E-state index contributed by atoms with van der Waals surface area (Å²) in [4.78, 5) is 2.48. The summed E-state index contributed by atoms with van der Waals surface area (Å²) in [5.41, 5.74) is 0. The fourth-order valence-corrected chi connectivity index (χ4v) is 1.70. The smallest absolute Gasteiger partial charge is 0.0589 e. The molecule has 0 spiro atoms. The lowest BCUT2D eigenvalue weighted by molar-refractivity contribution is 0.140. The molecule has 3 nitrogen and oxygen atoms in total. The largest absolute Gasteiger partial charge is 0.383 e. The maximum atomic E-state index is 5.14. The zero-order chi connectivity index (χ0) is 12.2. The standard InChI is InChI=1S/C13H30N2O/c1-5-6-7-14-8-9-15(10-11-16-4)12-13(2)3/h13-14H,5-12H2,1-4H3. The molecule has 0 aliphatic carbocycles. The first-order chi connectivity index (χ1) is 7.70. The molecule has 0 saturated carbocycles.